The highest BCUT2D eigenvalue weighted by Crippen LogP contribution is 2.23. The fraction of sp³-hybridized carbons (Fsp3) is 0.429. The van der Waals surface area contributed by atoms with Crippen LogP contribution in [-0.4, -0.2) is 56.5 Å². The molecule has 3 rings (SSSR count). The second kappa shape index (κ2) is 9.30. The molecule has 0 bridgehead atoms. The number of nitrogens with zero attached hydrogens (tertiary/aromatic N) is 3. The summed E-state index contributed by atoms with van der Waals surface area (Å²) in [6, 6.07) is 10.1. The van der Waals surface area contributed by atoms with E-state index in [-0.39, 0.29) is 12.5 Å². The lowest BCUT2D eigenvalue weighted by molar-refractivity contribution is -0.120. The molecule has 0 unspecified atom stereocenters. The average molecular weight is 383 g/mol. The zero-order chi connectivity index (χ0) is 19.9. The number of benzene rings is 1. The van der Waals surface area contributed by atoms with E-state index in [1.54, 1.807) is 19.4 Å². The van der Waals surface area contributed by atoms with Gasteiger partial charge >= 0.3 is 0 Å². The number of rotatable bonds is 5. The Morgan fingerprint density at radius 3 is 2.57 bits per heavy atom. The number of hydrogen-bond donors (Lipinski definition) is 2. The lowest BCUT2D eigenvalue weighted by Crippen LogP contribution is -2.53. The van der Waals surface area contributed by atoms with E-state index in [0.29, 0.717) is 6.54 Å². The Morgan fingerprint density at radius 1 is 1.11 bits per heavy atom. The monoisotopic (exact) mass is 383 g/mol. The summed E-state index contributed by atoms with van der Waals surface area (Å²) in [5.41, 5.74) is 3.96. The molecule has 2 N–H and O–H groups in total. The average Bonchev–Trinajstić information content (AvgIpc) is 3.23. The minimum atomic E-state index is -0.0911. The van der Waals surface area contributed by atoms with Gasteiger partial charge in [-0.1, -0.05) is 12.1 Å². The number of aliphatic imine (C=N–C) groups is 1. The van der Waals surface area contributed by atoms with E-state index in [0.717, 1.165) is 37.9 Å². The van der Waals surface area contributed by atoms with Gasteiger partial charge in [-0.3, -0.25) is 9.79 Å². The van der Waals surface area contributed by atoms with Crippen molar-refractivity contribution < 1.29 is 9.21 Å². The third-order valence-electron chi connectivity index (χ3n) is 5.15. The number of anilines is 1. The van der Waals surface area contributed by atoms with E-state index >= 15 is 0 Å². The predicted octanol–water partition coefficient (Wildman–Crippen LogP) is 1.91. The number of amides is 1. The summed E-state index contributed by atoms with van der Waals surface area (Å²) in [6.07, 6.45) is 1.60. The van der Waals surface area contributed by atoms with Crippen molar-refractivity contribution in [2.24, 2.45) is 4.99 Å². The summed E-state index contributed by atoms with van der Waals surface area (Å²) in [6.45, 7) is 8.48. The minimum absolute atomic E-state index is 0.0911. The van der Waals surface area contributed by atoms with Crippen LogP contribution in [-0.2, 0) is 11.3 Å². The van der Waals surface area contributed by atoms with Gasteiger partial charge in [0.2, 0.25) is 5.91 Å². The molecule has 0 aliphatic carbocycles. The molecule has 2 heterocycles. The van der Waals surface area contributed by atoms with Crippen molar-refractivity contribution in [2.75, 3.05) is 44.7 Å². The maximum atomic E-state index is 12.1. The number of furan rings is 1. The van der Waals surface area contributed by atoms with Crippen molar-refractivity contribution in [3.63, 3.8) is 0 Å². The van der Waals surface area contributed by atoms with Crippen molar-refractivity contribution >= 4 is 17.6 Å². The molecule has 0 radical (unpaired) electrons. The van der Waals surface area contributed by atoms with E-state index in [1.165, 1.54) is 16.8 Å². The lowest BCUT2D eigenvalue weighted by atomic mass is 10.1. The molecular weight excluding hydrogens is 354 g/mol. The van der Waals surface area contributed by atoms with Crippen molar-refractivity contribution in [2.45, 2.75) is 20.4 Å². The lowest BCUT2D eigenvalue weighted by Gasteiger charge is -2.38. The van der Waals surface area contributed by atoms with Crippen LogP contribution in [0, 0.1) is 13.8 Å². The Balaban J connectivity index is 1.47. The van der Waals surface area contributed by atoms with Gasteiger partial charge in [-0.2, -0.15) is 0 Å². The van der Waals surface area contributed by atoms with E-state index in [2.05, 4.69) is 57.5 Å². The van der Waals surface area contributed by atoms with Gasteiger partial charge in [-0.05, 0) is 43.2 Å². The first kappa shape index (κ1) is 19.8. The number of carbonyl (C=O) groups is 1. The molecule has 0 saturated carbocycles. The van der Waals surface area contributed by atoms with Crippen LogP contribution in [0.1, 0.15) is 16.9 Å². The minimum Gasteiger partial charge on any atom is -0.467 e. The van der Waals surface area contributed by atoms with Gasteiger partial charge in [0, 0.05) is 38.9 Å². The molecule has 1 aliphatic heterocycles. The third-order valence-corrected chi connectivity index (χ3v) is 5.15. The summed E-state index contributed by atoms with van der Waals surface area (Å²) >= 11 is 0. The van der Waals surface area contributed by atoms with Crippen LogP contribution >= 0.6 is 0 Å². The molecule has 150 valence electrons. The van der Waals surface area contributed by atoms with Gasteiger partial charge < -0.3 is 24.9 Å². The van der Waals surface area contributed by atoms with Crippen LogP contribution in [0.3, 0.4) is 0 Å². The molecular formula is C21H29N5O2. The van der Waals surface area contributed by atoms with Crippen LogP contribution in [0.15, 0.2) is 46.0 Å². The van der Waals surface area contributed by atoms with Crippen LogP contribution in [0.5, 0.6) is 0 Å². The molecule has 0 atom stereocenters. The van der Waals surface area contributed by atoms with Gasteiger partial charge in [0.15, 0.2) is 5.96 Å². The molecule has 1 amide bonds. The van der Waals surface area contributed by atoms with E-state index in [9.17, 15) is 4.79 Å². The van der Waals surface area contributed by atoms with Crippen molar-refractivity contribution in [1.29, 1.82) is 0 Å². The Morgan fingerprint density at radius 2 is 1.89 bits per heavy atom. The van der Waals surface area contributed by atoms with Crippen molar-refractivity contribution in [3.05, 3.63) is 53.5 Å². The Hall–Kier alpha value is -2.96. The third kappa shape index (κ3) is 4.85. The fourth-order valence-electron chi connectivity index (χ4n) is 3.39. The highest BCUT2D eigenvalue weighted by Gasteiger charge is 2.21. The number of guanidine groups is 1. The van der Waals surface area contributed by atoms with Crippen LogP contribution in [0.4, 0.5) is 5.69 Å². The first-order valence-electron chi connectivity index (χ1n) is 9.64. The number of hydrogen-bond acceptors (Lipinski definition) is 4. The molecule has 7 heteroatoms. The normalized spacial score (nSPS) is 14.9. The van der Waals surface area contributed by atoms with Crippen LogP contribution < -0.4 is 15.5 Å². The van der Waals surface area contributed by atoms with Gasteiger partial charge in [-0.15, -0.1) is 0 Å². The topological polar surface area (TPSA) is 73.1 Å². The number of carbonyl (C=O) groups excluding carboxylic acids is 1. The summed E-state index contributed by atoms with van der Waals surface area (Å²) < 4.78 is 5.22. The highest BCUT2D eigenvalue weighted by molar-refractivity contribution is 5.86. The number of piperazine rings is 1. The molecule has 2 aromatic rings. The standard InChI is InChI=1S/C21H29N5O2/c1-16-6-4-8-19(17(16)2)25-9-11-26(12-10-25)21(22-3)24-15-20(27)23-14-18-7-5-13-28-18/h4-8,13H,9-12,14-15H2,1-3H3,(H,22,24)(H,23,27). The van der Waals surface area contributed by atoms with E-state index < -0.39 is 0 Å². The van der Waals surface area contributed by atoms with Gasteiger partial charge in [0.1, 0.15) is 5.76 Å². The van der Waals surface area contributed by atoms with E-state index in [1.807, 2.05) is 6.07 Å². The molecule has 1 aromatic heterocycles. The Kier molecular flexibility index (Phi) is 6.57. The van der Waals surface area contributed by atoms with Crippen LogP contribution in [0.2, 0.25) is 0 Å². The quantitative estimate of drug-likeness (QED) is 0.610. The first-order chi connectivity index (χ1) is 13.6. The second-order valence-corrected chi connectivity index (χ2v) is 6.95. The second-order valence-electron chi connectivity index (χ2n) is 6.95. The van der Waals surface area contributed by atoms with Crippen molar-refractivity contribution in [3.8, 4) is 0 Å². The first-order valence-corrected chi connectivity index (χ1v) is 9.64. The molecule has 1 aromatic carbocycles. The van der Waals surface area contributed by atoms with Gasteiger partial charge in [0.25, 0.3) is 0 Å². The molecule has 1 saturated heterocycles. The maximum Gasteiger partial charge on any atom is 0.239 e. The largest absolute Gasteiger partial charge is 0.467 e. The highest BCUT2D eigenvalue weighted by atomic mass is 16.3. The molecule has 7 nitrogen and oxygen atoms in total. The zero-order valence-corrected chi connectivity index (χ0v) is 16.9. The van der Waals surface area contributed by atoms with Crippen molar-refractivity contribution in [1.82, 2.24) is 15.5 Å². The summed E-state index contributed by atoms with van der Waals surface area (Å²) in [4.78, 5) is 21.0. The molecule has 28 heavy (non-hydrogen) atoms. The summed E-state index contributed by atoms with van der Waals surface area (Å²) in [7, 11) is 1.75. The van der Waals surface area contributed by atoms with E-state index in [4.69, 9.17) is 4.42 Å². The fourth-order valence-corrected chi connectivity index (χ4v) is 3.39. The number of aryl methyl sites for hydroxylation is 1. The predicted molar refractivity (Wildman–Crippen MR) is 112 cm³/mol. The maximum absolute atomic E-state index is 12.1. The Bertz CT molecular complexity index is 808. The zero-order valence-electron chi connectivity index (χ0n) is 16.9. The summed E-state index contributed by atoms with van der Waals surface area (Å²) in [5, 5.41) is 5.99. The SMILES string of the molecule is CN=C(NCC(=O)NCc1ccco1)N1CCN(c2cccc(C)c2C)CC1. The molecule has 0 spiro atoms. The Labute approximate surface area is 166 Å². The molecule has 1 fully saturated rings. The van der Waals surface area contributed by atoms with Gasteiger partial charge in [-0.25, -0.2) is 0 Å². The summed E-state index contributed by atoms with van der Waals surface area (Å²) in [5.74, 6) is 1.40. The van der Waals surface area contributed by atoms with Crippen LogP contribution in [0.25, 0.3) is 0 Å². The van der Waals surface area contributed by atoms with Gasteiger partial charge in [0.05, 0.1) is 19.4 Å². The smallest absolute Gasteiger partial charge is 0.239 e. The molecule has 1 aliphatic rings. The number of nitrogens with one attached hydrogen (secondary N) is 2.